The molecule has 30 heavy (non-hydrogen) atoms. The minimum atomic E-state index is -0.710. The molecule has 168 valence electrons. The number of rotatable bonds is 14. The van der Waals surface area contributed by atoms with Gasteiger partial charge in [0, 0.05) is 0 Å². The molecule has 0 spiro atoms. The van der Waals surface area contributed by atoms with Crippen molar-refractivity contribution in [2.75, 3.05) is 0 Å². The van der Waals surface area contributed by atoms with E-state index in [1.54, 1.807) is 13.8 Å². The summed E-state index contributed by atoms with van der Waals surface area (Å²) >= 11 is 0. The van der Waals surface area contributed by atoms with Crippen LogP contribution in [0.15, 0.2) is 12.1 Å². The van der Waals surface area contributed by atoms with Crippen molar-refractivity contribution < 1.29 is 19.8 Å². The van der Waals surface area contributed by atoms with E-state index in [-0.39, 0.29) is 5.41 Å². The van der Waals surface area contributed by atoms with Crippen molar-refractivity contribution in [2.24, 2.45) is 10.8 Å². The highest BCUT2D eigenvalue weighted by atomic mass is 16.4. The fourth-order valence-corrected chi connectivity index (χ4v) is 4.32. The Bertz CT molecular complexity index is 693. The van der Waals surface area contributed by atoms with E-state index < -0.39 is 17.4 Å². The van der Waals surface area contributed by atoms with Gasteiger partial charge < -0.3 is 10.2 Å². The van der Waals surface area contributed by atoms with Crippen LogP contribution in [0.3, 0.4) is 0 Å². The molecule has 0 saturated heterocycles. The number of aliphatic carboxylic acids is 2. The van der Waals surface area contributed by atoms with Crippen LogP contribution >= 0.6 is 0 Å². The molecule has 0 unspecified atom stereocenters. The third-order valence-electron chi connectivity index (χ3n) is 7.25. The van der Waals surface area contributed by atoms with Crippen LogP contribution in [-0.2, 0) is 22.4 Å². The third kappa shape index (κ3) is 6.58. The standard InChI is InChI=1S/C26H40O4/c1-19-20(2)22(12-8-6-10-16-26(17-18-26)24(29)30)14-13-21(19)11-7-5-9-15-25(3,4)23(27)28/h13-14H,5-12,15-18H2,1-4H3,(H,27,28)(H,29,30). The van der Waals surface area contributed by atoms with Gasteiger partial charge in [-0.25, -0.2) is 0 Å². The first-order chi connectivity index (χ1) is 14.1. The van der Waals surface area contributed by atoms with Crippen LogP contribution in [0, 0.1) is 24.7 Å². The van der Waals surface area contributed by atoms with Crippen LogP contribution in [0.2, 0.25) is 0 Å². The first kappa shape index (κ1) is 24.4. The van der Waals surface area contributed by atoms with Gasteiger partial charge in [-0.3, -0.25) is 9.59 Å². The Hall–Kier alpha value is -1.84. The highest BCUT2D eigenvalue weighted by Gasteiger charge is 2.49. The number of carboxylic acids is 2. The second-order valence-corrected chi connectivity index (χ2v) is 10.0. The topological polar surface area (TPSA) is 74.6 Å². The monoisotopic (exact) mass is 416 g/mol. The van der Waals surface area contributed by atoms with Gasteiger partial charge in [-0.05, 0) is 101 Å². The molecule has 0 bridgehead atoms. The molecule has 2 rings (SSSR count). The Morgan fingerprint density at radius 2 is 1.37 bits per heavy atom. The molecule has 1 fully saturated rings. The van der Waals surface area contributed by atoms with E-state index >= 15 is 0 Å². The molecule has 0 aromatic heterocycles. The lowest BCUT2D eigenvalue weighted by atomic mass is 9.86. The molecule has 4 heteroatoms. The van der Waals surface area contributed by atoms with Gasteiger partial charge in [0.2, 0.25) is 0 Å². The summed E-state index contributed by atoms with van der Waals surface area (Å²) in [5, 5.41) is 18.5. The summed E-state index contributed by atoms with van der Waals surface area (Å²) in [6.07, 6.45) is 11.8. The maximum absolute atomic E-state index is 11.2. The van der Waals surface area contributed by atoms with Gasteiger partial charge in [0.15, 0.2) is 0 Å². The van der Waals surface area contributed by atoms with Gasteiger partial charge in [0.1, 0.15) is 0 Å². The van der Waals surface area contributed by atoms with Gasteiger partial charge in [-0.1, -0.05) is 37.8 Å². The highest BCUT2D eigenvalue weighted by Crippen LogP contribution is 2.50. The van der Waals surface area contributed by atoms with Crippen LogP contribution in [-0.4, -0.2) is 22.2 Å². The average Bonchev–Trinajstić information content (AvgIpc) is 3.47. The summed E-state index contributed by atoms with van der Waals surface area (Å²) in [4.78, 5) is 22.4. The van der Waals surface area contributed by atoms with Crippen LogP contribution in [0.25, 0.3) is 0 Å². The van der Waals surface area contributed by atoms with Crippen molar-refractivity contribution >= 4 is 11.9 Å². The minimum Gasteiger partial charge on any atom is -0.481 e. The number of aryl methyl sites for hydroxylation is 2. The molecule has 1 aliphatic carbocycles. The number of carbonyl (C=O) groups is 2. The van der Waals surface area contributed by atoms with E-state index in [2.05, 4.69) is 26.0 Å². The molecule has 1 saturated carbocycles. The normalized spacial score (nSPS) is 15.2. The molecule has 1 aromatic carbocycles. The van der Waals surface area contributed by atoms with E-state index in [1.807, 2.05) is 0 Å². The third-order valence-corrected chi connectivity index (χ3v) is 7.25. The summed E-state index contributed by atoms with van der Waals surface area (Å²) in [5.74, 6) is -1.31. The highest BCUT2D eigenvalue weighted by molar-refractivity contribution is 5.77. The van der Waals surface area contributed by atoms with E-state index in [4.69, 9.17) is 0 Å². The lowest BCUT2D eigenvalue weighted by Crippen LogP contribution is -2.23. The molecular weight excluding hydrogens is 376 g/mol. The van der Waals surface area contributed by atoms with Crippen molar-refractivity contribution in [3.05, 3.63) is 34.4 Å². The van der Waals surface area contributed by atoms with Crippen molar-refractivity contribution in [1.29, 1.82) is 0 Å². The van der Waals surface area contributed by atoms with Crippen LogP contribution in [0.4, 0.5) is 0 Å². The fraction of sp³-hybridized carbons (Fsp3) is 0.692. The molecule has 4 nitrogen and oxygen atoms in total. The van der Waals surface area contributed by atoms with Gasteiger partial charge >= 0.3 is 11.9 Å². The lowest BCUT2D eigenvalue weighted by molar-refractivity contribution is -0.147. The Morgan fingerprint density at radius 3 is 1.80 bits per heavy atom. The number of hydrogen-bond donors (Lipinski definition) is 2. The molecule has 0 aliphatic heterocycles. The molecular formula is C26H40O4. The SMILES string of the molecule is Cc1c(CCCCCC(C)(C)C(=O)O)ccc(CCCCCC2(C(=O)O)CC2)c1C. The second kappa shape index (κ2) is 10.5. The Morgan fingerprint density at radius 1 is 0.867 bits per heavy atom. The quantitative estimate of drug-likeness (QED) is 0.340. The van der Waals surface area contributed by atoms with E-state index in [0.29, 0.717) is 0 Å². The van der Waals surface area contributed by atoms with Crippen LogP contribution in [0.1, 0.15) is 100 Å². The smallest absolute Gasteiger partial charge is 0.309 e. The van der Waals surface area contributed by atoms with Gasteiger partial charge in [0.05, 0.1) is 10.8 Å². The Kier molecular flexibility index (Phi) is 8.52. The van der Waals surface area contributed by atoms with E-state index in [0.717, 1.165) is 77.0 Å². The largest absolute Gasteiger partial charge is 0.481 e. The summed E-state index contributed by atoms with van der Waals surface area (Å²) < 4.78 is 0. The van der Waals surface area contributed by atoms with Gasteiger partial charge in [0.25, 0.3) is 0 Å². The fourth-order valence-electron chi connectivity index (χ4n) is 4.32. The molecule has 0 atom stereocenters. The molecule has 2 N–H and O–H groups in total. The second-order valence-electron chi connectivity index (χ2n) is 10.0. The summed E-state index contributed by atoms with van der Waals surface area (Å²) in [6, 6.07) is 4.54. The molecule has 1 aliphatic rings. The van der Waals surface area contributed by atoms with Crippen LogP contribution in [0.5, 0.6) is 0 Å². The summed E-state index contributed by atoms with van der Waals surface area (Å²) in [7, 11) is 0. The molecule has 0 amide bonds. The predicted molar refractivity (Wildman–Crippen MR) is 121 cm³/mol. The Labute approximate surface area is 182 Å². The number of benzene rings is 1. The van der Waals surface area contributed by atoms with E-state index in [1.165, 1.54) is 22.3 Å². The van der Waals surface area contributed by atoms with Crippen LogP contribution < -0.4 is 0 Å². The van der Waals surface area contributed by atoms with Gasteiger partial charge in [-0.15, -0.1) is 0 Å². The Balaban J connectivity index is 1.71. The zero-order valence-corrected chi connectivity index (χ0v) is 19.4. The first-order valence-corrected chi connectivity index (χ1v) is 11.6. The minimum absolute atomic E-state index is 0.377. The number of hydrogen-bond acceptors (Lipinski definition) is 2. The maximum Gasteiger partial charge on any atom is 0.309 e. The number of carboxylic acid groups (broad SMARTS) is 2. The van der Waals surface area contributed by atoms with Crippen molar-refractivity contribution in [2.45, 2.75) is 105 Å². The first-order valence-electron chi connectivity index (χ1n) is 11.6. The summed E-state index contributed by atoms with van der Waals surface area (Å²) in [6.45, 7) is 8.04. The lowest BCUT2D eigenvalue weighted by Gasteiger charge is -2.18. The predicted octanol–water partition coefficient (Wildman–Crippen LogP) is 6.48. The van der Waals surface area contributed by atoms with Crippen molar-refractivity contribution in [3.63, 3.8) is 0 Å². The molecule has 0 heterocycles. The maximum atomic E-state index is 11.2. The van der Waals surface area contributed by atoms with Crippen molar-refractivity contribution in [3.8, 4) is 0 Å². The molecule has 1 aromatic rings. The average molecular weight is 417 g/mol. The zero-order valence-electron chi connectivity index (χ0n) is 19.4. The van der Waals surface area contributed by atoms with E-state index in [9.17, 15) is 19.8 Å². The number of unbranched alkanes of at least 4 members (excludes halogenated alkanes) is 4. The molecule has 0 radical (unpaired) electrons. The zero-order chi connectivity index (χ0) is 22.4. The van der Waals surface area contributed by atoms with Gasteiger partial charge in [-0.2, -0.15) is 0 Å². The van der Waals surface area contributed by atoms with Crippen molar-refractivity contribution in [1.82, 2.24) is 0 Å². The summed E-state index contributed by atoms with van der Waals surface area (Å²) in [5.41, 5.74) is 4.60.